The van der Waals surface area contributed by atoms with Crippen molar-refractivity contribution in [2.75, 3.05) is 23.0 Å². The first kappa shape index (κ1) is 24.8. The van der Waals surface area contributed by atoms with E-state index in [1.165, 1.54) is 18.2 Å². The van der Waals surface area contributed by atoms with Crippen molar-refractivity contribution in [3.63, 3.8) is 0 Å². The maximum absolute atomic E-state index is 14.6. The molecule has 36 heavy (non-hydrogen) atoms. The first-order chi connectivity index (χ1) is 17.1. The van der Waals surface area contributed by atoms with Crippen LogP contribution in [0.5, 0.6) is 0 Å². The SMILES string of the molecule is CCn1c(=O)c(-c2ccc(F)c(NC(=O)Nc3cccc(C(C)(C)C)c3)c2)cc2cnc(NC)nc21. The molecule has 9 heteroatoms. The van der Waals surface area contributed by atoms with Crippen molar-refractivity contribution < 1.29 is 9.18 Å². The molecule has 2 amide bonds. The van der Waals surface area contributed by atoms with Crippen LogP contribution in [0.15, 0.2) is 59.5 Å². The van der Waals surface area contributed by atoms with Gasteiger partial charge in [-0.25, -0.2) is 14.2 Å². The smallest absolute Gasteiger partial charge is 0.323 e. The van der Waals surface area contributed by atoms with Crippen molar-refractivity contribution >= 4 is 34.4 Å². The predicted octanol–water partition coefficient (Wildman–Crippen LogP) is 5.60. The second-order valence-corrected chi connectivity index (χ2v) is 9.43. The van der Waals surface area contributed by atoms with Crippen molar-refractivity contribution in [2.24, 2.45) is 0 Å². The lowest BCUT2D eigenvalue weighted by atomic mass is 9.87. The highest BCUT2D eigenvalue weighted by molar-refractivity contribution is 6.00. The molecule has 4 rings (SSSR count). The highest BCUT2D eigenvalue weighted by atomic mass is 19.1. The average Bonchev–Trinajstić information content (AvgIpc) is 2.84. The number of aryl methyl sites for hydroxylation is 1. The summed E-state index contributed by atoms with van der Waals surface area (Å²) in [4.78, 5) is 34.6. The van der Waals surface area contributed by atoms with Crippen LogP contribution in [0.25, 0.3) is 22.2 Å². The van der Waals surface area contributed by atoms with E-state index in [4.69, 9.17) is 0 Å². The van der Waals surface area contributed by atoms with Crippen molar-refractivity contribution in [3.8, 4) is 11.1 Å². The fourth-order valence-corrected chi connectivity index (χ4v) is 3.92. The Bertz CT molecular complexity index is 1510. The van der Waals surface area contributed by atoms with E-state index in [0.717, 1.165) is 5.56 Å². The van der Waals surface area contributed by atoms with Crippen LogP contribution in [0.3, 0.4) is 0 Å². The molecule has 0 radical (unpaired) electrons. The van der Waals surface area contributed by atoms with Gasteiger partial charge in [0, 0.05) is 36.4 Å². The Balaban J connectivity index is 1.66. The third-order valence-corrected chi connectivity index (χ3v) is 5.88. The third-order valence-electron chi connectivity index (χ3n) is 5.88. The largest absolute Gasteiger partial charge is 0.357 e. The van der Waals surface area contributed by atoms with Gasteiger partial charge in [-0.1, -0.05) is 39.0 Å². The fraction of sp³-hybridized carbons (Fsp3) is 0.259. The van der Waals surface area contributed by atoms with Gasteiger partial charge in [0.1, 0.15) is 11.5 Å². The molecule has 8 nitrogen and oxygen atoms in total. The van der Waals surface area contributed by atoms with Crippen molar-refractivity contribution in [3.05, 3.63) is 76.5 Å². The summed E-state index contributed by atoms with van der Waals surface area (Å²) in [6.07, 6.45) is 1.63. The maximum atomic E-state index is 14.6. The lowest BCUT2D eigenvalue weighted by Gasteiger charge is -2.20. The molecule has 186 valence electrons. The summed E-state index contributed by atoms with van der Waals surface area (Å²) in [5, 5.41) is 8.85. The highest BCUT2D eigenvalue weighted by Gasteiger charge is 2.17. The second-order valence-electron chi connectivity index (χ2n) is 9.43. The summed E-state index contributed by atoms with van der Waals surface area (Å²) in [6, 6.07) is 12.8. The molecule has 2 aromatic heterocycles. The zero-order chi connectivity index (χ0) is 26.0. The van der Waals surface area contributed by atoms with Crippen LogP contribution >= 0.6 is 0 Å². The lowest BCUT2D eigenvalue weighted by molar-refractivity contribution is 0.262. The quantitative estimate of drug-likeness (QED) is 0.339. The van der Waals surface area contributed by atoms with Crippen LogP contribution in [0, 0.1) is 5.82 Å². The highest BCUT2D eigenvalue weighted by Crippen LogP contribution is 2.27. The molecule has 0 saturated heterocycles. The Morgan fingerprint density at radius 3 is 2.56 bits per heavy atom. The average molecular weight is 489 g/mol. The summed E-state index contributed by atoms with van der Waals surface area (Å²) in [5.41, 5.74) is 2.58. The molecule has 0 unspecified atom stereocenters. The van der Waals surface area contributed by atoms with E-state index in [1.54, 1.807) is 29.9 Å². The van der Waals surface area contributed by atoms with E-state index in [1.807, 2.05) is 25.1 Å². The van der Waals surface area contributed by atoms with Crippen LogP contribution < -0.4 is 21.5 Å². The predicted molar refractivity (Wildman–Crippen MR) is 142 cm³/mol. The van der Waals surface area contributed by atoms with Crippen molar-refractivity contribution in [1.82, 2.24) is 14.5 Å². The molecule has 0 saturated carbocycles. The summed E-state index contributed by atoms with van der Waals surface area (Å²) >= 11 is 0. The topological polar surface area (TPSA) is 101 Å². The molecule has 2 aromatic carbocycles. The fourth-order valence-electron chi connectivity index (χ4n) is 3.92. The van der Waals surface area contributed by atoms with E-state index >= 15 is 0 Å². The molecule has 0 bridgehead atoms. The second kappa shape index (κ2) is 9.77. The minimum Gasteiger partial charge on any atom is -0.357 e. The standard InChI is InChI=1S/C27H29FN6O2/c1-6-34-23-17(15-30-25(29-5)33-23)12-20(24(34)35)16-10-11-21(28)22(13-16)32-26(36)31-19-9-7-8-18(14-19)27(2,3)4/h7-15H,6H2,1-5H3,(H,29,30,33)(H2,31,32,36). The number of carbonyl (C=O) groups excluding carboxylic acids is 1. The number of amides is 2. The van der Waals surface area contributed by atoms with Gasteiger partial charge >= 0.3 is 6.03 Å². The minimum absolute atomic E-state index is 0.0405. The summed E-state index contributed by atoms with van der Waals surface area (Å²) in [6.45, 7) is 8.49. The molecule has 2 heterocycles. The summed E-state index contributed by atoms with van der Waals surface area (Å²) in [7, 11) is 1.70. The number of hydrogen-bond acceptors (Lipinski definition) is 5. The zero-order valence-corrected chi connectivity index (χ0v) is 20.9. The van der Waals surface area contributed by atoms with Gasteiger partial charge in [0.05, 0.1) is 5.69 Å². The number of anilines is 3. The Hall–Kier alpha value is -4.27. The Morgan fingerprint density at radius 1 is 1.08 bits per heavy atom. The number of halogens is 1. The van der Waals surface area contributed by atoms with Crippen LogP contribution in [0.2, 0.25) is 0 Å². The van der Waals surface area contributed by atoms with Gasteiger partial charge in [-0.15, -0.1) is 0 Å². The molecule has 3 N–H and O–H groups in total. The molecule has 0 fully saturated rings. The Morgan fingerprint density at radius 2 is 1.86 bits per heavy atom. The van der Waals surface area contributed by atoms with E-state index in [0.29, 0.717) is 40.3 Å². The minimum atomic E-state index is -0.615. The number of fused-ring (bicyclic) bond motifs is 1. The number of aromatic nitrogens is 3. The number of pyridine rings is 1. The summed E-state index contributed by atoms with van der Waals surface area (Å²) in [5.74, 6) is -0.208. The number of nitrogens with one attached hydrogen (secondary N) is 3. The molecule has 0 atom stereocenters. The lowest BCUT2D eigenvalue weighted by Crippen LogP contribution is -2.23. The molecule has 0 aliphatic heterocycles. The molecule has 0 spiro atoms. The van der Waals surface area contributed by atoms with Gasteiger partial charge in [-0.2, -0.15) is 4.98 Å². The normalized spacial score (nSPS) is 11.4. The number of rotatable bonds is 5. The van der Waals surface area contributed by atoms with E-state index in [2.05, 4.69) is 46.7 Å². The van der Waals surface area contributed by atoms with Gasteiger partial charge in [0.2, 0.25) is 5.95 Å². The first-order valence-corrected chi connectivity index (χ1v) is 11.7. The van der Waals surface area contributed by atoms with Gasteiger partial charge in [-0.3, -0.25) is 9.36 Å². The van der Waals surface area contributed by atoms with Crippen LogP contribution in [-0.2, 0) is 12.0 Å². The van der Waals surface area contributed by atoms with Crippen molar-refractivity contribution in [2.45, 2.75) is 39.7 Å². The Labute approximate surface area is 208 Å². The van der Waals surface area contributed by atoms with E-state index in [9.17, 15) is 14.0 Å². The van der Waals surface area contributed by atoms with Gasteiger partial charge in [-0.05, 0) is 53.8 Å². The molecular weight excluding hydrogens is 459 g/mol. The third kappa shape index (κ3) is 5.05. The maximum Gasteiger partial charge on any atom is 0.323 e. The van der Waals surface area contributed by atoms with Crippen LogP contribution in [0.1, 0.15) is 33.3 Å². The van der Waals surface area contributed by atoms with Gasteiger partial charge in [0.15, 0.2) is 0 Å². The number of benzene rings is 2. The van der Waals surface area contributed by atoms with E-state index < -0.39 is 11.8 Å². The summed E-state index contributed by atoms with van der Waals surface area (Å²) < 4.78 is 16.2. The first-order valence-electron chi connectivity index (χ1n) is 11.7. The number of urea groups is 1. The number of hydrogen-bond donors (Lipinski definition) is 3. The zero-order valence-electron chi connectivity index (χ0n) is 20.9. The molecule has 0 aliphatic rings. The van der Waals surface area contributed by atoms with Gasteiger partial charge < -0.3 is 16.0 Å². The Kier molecular flexibility index (Phi) is 6.74. The number of nitrogens with zero attached hydrogens (tertiary/aromatic N) is 3. The van der Waals surface area contributed by atoms with Crippen LogP contribution in [0.4, 0.5) is 26.5 Å². The monoisotopic (exact) mass is 488 g/mol. The van der Waals surface area contributed by atoms with Crippen molar-refractivity contribution in [1.29, 1.82) is 0 Å². The molecule has 4 aromatic rings. The molecule has 0 aliphatic carbocycles. The van der Waals surface area contributed by atoms with Gasteiger partial charge in [0.25, 0.3) is 5.56 Å². The molecular formula is C27H29FN6O2. The number of carbonyl (C=O) groups is 1. The van der Waals surface area contributed by atoms with E-state index in [-0.39, 0.29) is 16.7 Å². The van der Waals surface area contributed by atoms with Crippen LogP contribution in [-0.4, -0.2) is 27.6 Å².